The predicted octanol–water partition coefficient (Wildman–Crippen LogP) is -0.714. The summed E-state index contributed by atoms with van der Waals surface area (Å²) in [6.07, 6.45) is 1.67. The van der Waals surface area contributed by atoms with Crippen LogP contribution in [0.1, 0.15) is 32.6 Å². The first kappa shape index (κ1) is 16.9. The Balaban J connectivity index is 2.58. The molecule has 1 amide bonds. The molecule has 116 valence electrons. The number of carboxylic acids is 1. The highest BCUT2D eigenvalue weighted by molar-refractivity contribution is 7.87. The maximum atomic E-state index is 12.1. The first-order chi connectivity index (χ1) is 9.38. The van der Waals surface area contributed by atoms with Crippen molar-refractivity contribution in [3.05, 3.63) is 0 Å². The fourth-order valence-electron chi connectivity index (χ4n) is 2.10. The molecule has 0 radical (unpaired) electrons. The molecule has 1 atom stereocenters. The van der Waals surface area contributed by atoms with E-state index >= 15 is 0 Å². The number of aliphatic carboxylic acids is 1. The van der Waals surface area contributed by atoms with Crippen LogP contribution in [0.15, 0.2) is 0 Å². The van der Waals surface area contributed by atoms with Crippen molar-refractivity contribution in [2.24, 2.45) is 0 Å². The molecular formula is C11H21N3O5S. The molecule has 0 spiro atoms. The summed E-state index contributed by atoms with van der Waals surface area (Å²) in [5, 5.41) is 11.6. The Bertz CT molecular complexity index is 451. The summed E-state index contributed by atoms with van der Waals surface area (Å²) < 4.78 is 27.4. The van der Waals surface area contributed by atoms with Crippen molar-refractivity contribution in [3.8, 4) is 0 Å². The number of amides is 1. The van der Waals surface area contributed by atoms with Gasteiger partial charge in [-0.15, -0.1) is 0 Å². The van der Waals surface area contributed by atoms with Gasteiger partial charge in [0.15, 0.2) is 0 Å². The van der Waals surface area contributed by atoms with Gasteiger partial charge in [0.05, 0.1) is 0 Å². The normalized spacial score (nSPS) is 20.6. The van der Waals surface area contributed by atoms with E-state index in [0.29, 0.717) is 25.8 Å². The second-order valence-corrected chi connectivity index (χ2v) is 6.27. The molecule has 9 heteroatoms. The molecule has 1 aliphatic heterocycles. The molecule has 0 saturated carbocycles. The van der Waals surface area contributed by atoms with Crippen molar-refractivity contribution in [2.45, 2.75) is 38.6 Å². The van der Waals surface area contributed by atoms with Crippen LogP contribution in [0.2, 0.25) is 0 Å². The molecule has 8 nitrogen and oxygen atoms in total. The summed E-state index contributed by atoms with van der Waals surface area (Å²) in [5.74, 6) is -1.39. The van der Waals surface area contributed by atoms with E-state index in [2.05, 4.69) is 10.0 Å². The molecule has 0 aromatic heterocycles. The average Bonchev–Trinajstić information content (AvgIpc) is 2.38. The van der Waals surface area contributed by atoms with Gasteiger partial charge >= 0.3 is 5.97 Å². The number of nitrogens with one attached hydrogen (secondary N) is 2. The van der Waals surface area contributed by atoms with Crippen molar-refractivity contribution in [3.63, 3.8) is 0 Å². The van der Waals surface area contributed by atoms with Crippen molar-refractivity contribution >= 4 is 22.1 Å². The zero-order valence-electron chi connectivity index (χ0n) is 11.5. The number of rotatable bonds is 7. The van der Waals surface area contributed by atoms with Crippen molar-refractivity contribution in [1.29, 1.82) is 0 Å². The zero-order chi connectivity index (χ0) is 15.2. The SMILES string of the molecule is CCNC(=O)CCNS(=O)(=O)N1CCCCC1C(=O)O. The number of carboxylic acid groups (broad SMARTS) is 1. The van der Waals surface area contributed by atoms with Crippen LogP contribution in [0.3, 0.4) is 0 Å². The van der Waals surface area contributed by atoms with Gasteiger partial charge in [0.2, 0.25) is 5.91 Å². The Morgan fingerprint density at radius 2 is 2.05 bits per heavy atom. The Morgan fingerprint density at radius 1 is 1.35 bits per heavy atom. The molecule has 20 heavy (non-hydrogen) atoms. The summed E-state index contributed by atoms with van der Waals surface area (Å²) in [5.41, 5.74) is 0. The molecule has 0 aromatic rings. The first-order valence-electron chi connectivity index (χ1n) is 6.64. The molecule has 1 heterocycles. The highest BCUT2D eigenvalue weighted by Gasteiger charge is 2.36. The maximum Gasteiger partial charge on any atom is 0.322 e. The molecule has 1 unspecified atom stereocenters. The van der Waals surface area contributed by atoms with E-state index in [4.69, 9.17) is 5.11 Å². The van der Waals surface area contributed by atoms with Gasteiger partial charge in [-0.3, -0.25) is 9.59 Å². The lowest BCUT2D eigenvalue weighted by Gasteiger charge is -2.31. The zero-order valence-corrected chi connectivity index (χ0v) is 12.3. The number of piperidine rings is 1. The van der Waals surface area contributed by atoms with Gasteiger partial charge < -0.3 is 10.4 Å². The quantitative estimate of drug-likeness (QED) is 0.574. The molecule has 1 aliphatic rings. The lowest BCUT2D eigenvalue weighted by molar-refractivity contribution is -0.142. The van der Waals surface area contributed by atoms with Gasteiger partial charge in [-0.2, -0.15) is 12.7 Å². The minimum Gasteiger partial charge on any atom is -0.480 e. The molecule has 0 bridgehead atoms. The van der Waals surface area contributed by atoms with Crippen LogP contribution in [-0.2, 0) is 19.8 Å². The van der Waals surface area contributed by atoms with Crippen molar-refractivity contribution < 1.29 is 23.1 Å². The van der Waals surface area contributed by atoms with E-state index in [-0.39, 0.29) is 25.4 Å². The number of nitrogens with zero attached hydrogens (tertiary/aromatic N) is 1. The van der Waals surface area contributed by atoms with E-state index in [1.54, 1.807) is 6.92 Å². The Hall–Kier alpha value is -1.19. The number of carbonyl (C=O) groups excluding carboxylic acids is 1. The number of hydrogen-bond acceptors (Lipinski definition) is 4. The maximum absolute atomic E-state index is 12.1. The third-order valence-corrected chi connectivity index (χ3v) is 4.68. The van der Waals surface area contributed by atoms with Crippen molar-refractivity contribution in [1.82, 2.24) is 14.3 Å². The van der Waals surface area contributed by atoms with Gasteiger partial charge in [-0.05, 0) is 26.2 Å². The molecule has 1 fully saturated rings. The average molecular weight is 307 g/mol. The monoisotopic (exact) mass is 307 g/mol. The third kappa shape index (κ3) is 4.73. The van der Waals surface area contributed by atoms with E-state index in [1.165, 1.54) is 0 Å². The van der Waals surface area contributed by atoms with Crippen LogP contribution in [0.4, 0.5) is 0 Å². The van der Waals surface area contributed by atoms with Crippen LogP contribution >= 0.6 is 0 Å². The highest BCUT2D eigenvalue weighted by Crippen LogP contribution is 2.19. The predicted molar refractivity (Wildman–Crippen MR) is 72.2 cm³/mol. The summed E-state index contributed by atoms with van der Waals surface area (Å²) in [4.78, 5) is 22.3. The Labute approximate surface area is 118 Å². The van der Waals surface area contributed by atoms with E-state index in [1.807, 2.05) is 0 Å². The van der Waals surface area contributed by atoms with Crippen LogP contribution in [0.25, 0.3) is 0 Å². The standard InChI is InChI=1S/C11H21N3O5S/c1-2-12-10(15)6-7-13-20(18,19)14-8-4-3-5-9(14)11(16)17/h9,13H,2-8H2,1H3,(H,12,15)(H,16,17). The minimum absolute atomic E-state index is 0.0264. The topological polar surface area (TPSA) is 116 Å². The summed E-state index contributed by atoms with van der Waals surface area (Å²) >= 11 is 0. The minimum atomic E-state index is -3.87. The lowest BCUT2D eigenvalue weighted by atomic mass is 10.1. The van der Waals surface area contributed by atoms with Gasteiger partial charge in [0.25, 0.3) is 10.2 Å². The fraction of sp³-hybridized carbons (Fsp3) is 0.818. The van der Waals surface area contributed by atoms with Gasteiger partial charge in [-0.1, -0.05) is 0 Å². The van der Waals surface area contributed by atoms with Crippen LogP contribution in [0, 0.1) is 0 Å². The Kier molecular flexibility index (Phi) is 6.37. The van der Waals surface area contributed by atoms with Crippen LogP contribution in [0.5, 0.6) is 0 Å². The number of carbonyl (C=O) groups is 2. The van der Waals surface area contributed by atoms with E-state index in [0.717, 1.165) is 4.31 Å². The van der Waals surface area contributed by atoms with Crippen molar-refractivity contribution in [2.75, 3.05) is 19.6 Å². The molecular weight excluding hydrogens is 286 g/mol. The van der Waals surface area contributed by atoms with Gasteiger partial charge in [0.1, 0.15) is 6.04 Å². The molecule has 1 rings (SSSR count). The smallest absolute Gasteiger partial charge is 0.322 e. The van der Waals surface area contributed by atoms with Crippen LogP contribution < -0.4 is 10.0 Å². The largest absolute Gasteiger partial charge is 0.480 e. The summed E-state index contributed by atoms with van der Waals surface area (Å²) in [6, 6.07) is -1.02. The lowest BCUT2D eigenvalue weighted by Crippen LogP contribution is -2.52. The molecule has 1 saturated heterocycles. The van der Waals surface area contributed by atoms with E-state index < -0.39 is 22.2 Å². The second-order valence-electron chi connectivity index (χ2n) is 4.56. The summed E-state index contributed by atoms with van der Waals surface area (Å²) in [6.45, 7) is 2.40. The number of hydrogen-bond donors (Lipinski definition) is 3. The highest BCUT2D eigenvalue weighted by atomic mass is 32.2. The summed E-state index contributed by atoms with van der Waals surface area (Å²) in [7, 11) is -3.87. The fourth-order valence-corrected chi connectivity index (χ4v) is 3.53. The first-order valence-corrected chi connectivity index (χ1v) is 8.08. The third-order valence-electron chi connectivity index (χ3n) is 3.06. The Morgan fingerprint density at radius 3 is 2.65 bits per heavy atom. The molecule has 0 aliphatic carbocycles. The second kappa shape index (κ2) is 7.55. The molecule has 3 N–H and O–H groups in total. The molecule has 0 aromatic carbocycles. The van der Waals surface area contributed by atoms with E-state index in [9.17, 15) is 18.0 Å². The van der Waals surface area contributed by atoms with Gasteiger partial charge in [-0.25, -0.2) is 4.72 Å². The van der Waals surface area contributed by atoms with Crippen LogP contribution in [-0.4, -0.2) is 55.4 Å². The van der Waals surface area contributed by atoms with Gasteiger partial charge in [0, 0.05) is 26.1 Å².